The Hall–Kier alpha value is -1.42. The lowest BCUT2D eigenvalue weighted by molar-refractivity contribution is -0.118. The number of piperidine rings is 1. The summed E-state index contributed by atoms with van der Waals surface area (Å²) in [6.45, 7) is 3.72. The van der Waals surface area contributed by atoms with E-state index in [4.69, 9.17) is 0 Å². The Labute approximate surface area is 112 Å². The van der Waals surface area contributed by atoms with Gasteiger partial charge < -0.3 is 10.6 Å². The second kappa shape index (κ2) is 4.60. The molecule has 4 heteroatoms. The highest BCUT2D eigenvalue weighted by molar-refractivity contribution is 5.95. The number of carbonyl (C=O) groups excluding carboxylic acids is 1. The Bertz CT molecular complexity index is 509. The van der Waals surface area contributed by atoms with Crippen LogP contribution < -0.4 is 10.6 Å². The maximum absolute atomic E-state index is 13.4. The summed E-state index contributed by atoms with van der Waals surface area (Å²) in [5.41, 5.74) is 1.38. The number of carbonyl (C=O) groups is 1. The zero-order chi connectivity index (χ0) is 13.5. The van der Waals surface area contributed by atoms with Crippen LogP contribution in [0.2, 0.25) is 0 Å². The topological polar surface area (TPSA) is 41.1 Å². The fourth-order valence-electron chi connectivity index (χ4n) is 3.10. The largest absolute Gasteiger partial charge is 0.326 e. The molecule has 0 radical (unpaired) electrons. The number of halogens is 1. The van der Waals surface area contributed by atoms with Gasteiger partial charge in [-0.3, -0.25) is 4.79 Å². The predicted octanol–water partition coefficient (Wildman–Crippen LogP) is 2.46. The van der Waals surface area contributed by atoms with Crippen LogP contribution in [0.15, 0.2) is 18.2 Å². The zero-order valence-electron chi connectivity index (χ0n) is 11.1. The van der Waals surface area contributed by atoms with Crippen molar-refractivity contribution >= 4 is 11.6 Å². The van der Waals surface area contributed by atoms with Crippen molar-refractivity contribution in [1.82, 2.24) is 5.32 Å². The summed E-state index contributed by atoms with van der Waals surface area (Å²) in [5, 5.41) is 6.17. The minimum Gasteiger partial charge on any atom is -0.326 e. The number of hydrogen-bond acceptors (Lipinski definition) is 2. The van der Waals surface area contributed by atoms with Crippen molar-refractivity contribution in [2.75, 3.05) is 18.4 Å². The Morgan fingerprint density at radius 1 is 1.42 bits per heavy atom. The maximum Gasteiger partial charge on any atom is 0.228 e. The average Bonchev–Trinajstić information content (AvgIpc) is 3.08. The number of anilines is 1. The molecule has 3 nitrogen and oxygen atoms in total. The van der Waals surface area contributed by atoms with Gasteiger partial charge in [-0.1, -0.05) is 6.07 Å². The highest BCUT2D eigenvalue weighted by Gasteiger charge is 2.57. The van der Waals surface area contributed by atoms with Gasteiger partial charge in [-0.2, -0.15) is 0 Å². The molecule has 1 spiro atoms. The number of rotatable bonds is 2. The summed E-state index contributed by atoms with van der Waals surface area (Å²) in [5.74, 6) is -0.116. The molecule has 102 valence electrons. The zero-order valence-corrected chi connectivity index (χ0v) is 11.1. The van der Waals surface area contributed by atoms with Crippen LogP contribution in [0.25, 0.3) is 0 Å². The maximum atomic E-state index is 13.4. The van der Waals surface area contributed by atoms with Crippen LogP contribution >= 0.6 is 0 Å². The first-order valence-corrected chi connectivity index (χ1v) is 6.88. The van der Waals surface area contributed by atoms with Gasteiger partial charge in [-0.25, -0.2) is 4.39 Å². The van der Waals surface area contributed by atoms with Crippen molar-refractivity contribution in [3.8, 4) is 0 Å². The van der Waals surface area contributed by atoms with E-state index in [1.54, 1.807) is 19.1 Å². The Morgan fingerprint density at radius 3 is 2.84 bits per heavy atom. The van der Waals surface area contributed by atoms with Crippen molar-refractivity contribution < 1.29 is 9.18 Å². The Morgan fingerprint density at radius 2 is 2.16 bits per heavy atom. The van der Waals surface area contributed by atoms with Crippen LogP contribution in [0.5, 0.6) is 0 Å². The van der Waals surface area contributed by atoms with Gasteiger partial charge in [0.05, 0.1) is 0 Å². The number of benzene rings is 1. The van der Waals surface area contributed by atoms with Crippen LogP contribution in [-0.2, 0) is 4.79 Å². The highest BCUT2D eigenvalue weighted by atomic mass is 19.1. The van der Waals surface area contributed by atoms with E-state index in [0.29, 0.717) is 11.3 Å². The minimum atomic E-state index is -0.273. The smallest absolute Gasteiger partial charge is 0.228 e. The van der Waals surface area contributed by atoms with E-state index in [-0.39, 0.29) is 23.1 Å². The number of hydrogen-bond donors (Lipinski definition) is 2. The van der Waals surface area contributed by atoms with Gasteiger partial charge in [0.1, 0.15) is 5.82 Å². The lowest BCUT2D eigenvalue weighted by Gasteiger charge is -2.23. The van der Waals surface area contributed by atoms with E-state index in [0.717, 1.165) is 32.4 Å². The van der Waals surface area contributed by atoms with Crippen LogP contribution in [0, 0.1) is 24.1 Å². The molecule has 19 heavy (non-hydrogen) atoms. The second-order valence-electron chi connectivity index (χ2n) is 5.82. The first-order valence-electron chi connectivity index (χ1n) is 6.88. The molecule has 2 aliphatic rings. The van der Waals surface area contributed by atoms with Crippen molar-refractivity contribution in [2.24, 2.45) is 11.3 Å². The van der Waals surface area contributed by atoms with Crippen molar-refractivity contribution in [1.29, 1.82) is 0 Å². The van der Waals surface area contributed by atoms with Crippen LogP contribution in [0.1, 0.15) is 24.8 Å². The van der Waals surface area contributed by atoms with Gasteiger partial charge in [0.2, 0.25) is 5.91 Å². The van der Waals surface area contributed by atoms with Gasteiger partial charge in [0.15, 0.2) is 0 Å². The molecule has 1 aromatic rings. The van der Waals surface area contributed by atoms with Crippen LogP contribution in [0.4, 0.5) is 10.1 Å². The van der Waals surface area contributed by atoms with E-state index in [1.807, 2.05) is 0 Å². The summed E-state index contributed by atoms with van der Waals surface area (Å²) in [4.78, 5) is 12.2. The van der Waals surface area contributed by atoms with Gasteiger partial charge >= 0.3 is 0 Å². The minimum absolute atomic E-state index is 0.0464. The second-order valence-corrected chi connectivity index (χ2v) is 5.82. The molecular formula is C15H19FN2O. The predicted molar refractivity (Wildman–Crippen MR) is 72.4 cm³/mol. The third-order valence-electron chi connectivity index (χ3n) is 4.54. The summed E-state index contributed by atoms with van der Waals surface area (Å²) < 4.78 is 13.4. The SMILES string of the molecule is Cc1ccc(NC(=O)C2CC23CCNCC3)cc1F. The standard InChI is InChI=1S/C15H19FN2O/c1-10-2-3-11(8-13(10)16)18-14(19)12-9-15(12)4-6-17-7-5-15/h2-3,8,12,17H,4-7,9H2,1H3,(H,18,19). The number of aryl methyl sites for hydroxylation is 1. The first-order chi connectivity index (χ1) is 9.11. The molecule has 2 N–H and O–H groups in total. The third-order valence-corrected chi connectivity index (χ3v) is 4.54. The van der Waals surface area contributed by atoms with E-state index >= 15 is 0 Å². The fraction of sp³-hybridized carbons (Fsp3) is 0.533. The lowest BCUT2D eigenvalue weighted by Crippen LogP contribution is -2.31. The number of nitrogens with one attached hydrogen (secondary N) is 2. The Kier molecular flexibility index (Phi) is 3.05. The highest BCUT2D eigenvalue weighted by Crippen LogP contribution is 2.58. The molecule has 1 saturated carbocycles. The summed E-state index contributed by atoms with van der Waals surface area (Å²) >= 11 is 0. The molecule has 1 aliphatic heterocycles. The van der Waals surface area contributed by atoms with Crippen molar-refractivity contribution in [3.63, 3.8) is 0 Å². The van der Waals surface area contributed by atoms with Gasteiger partial charge in [-0.15, -0.1) is 0 Å². The molecule has 1 unspecified atom stereocenters. The Balaban J connectivity index is 1.64. The summed E-state index contributed by atoms with van der Waals surface area (Å²) in [7, 11) is 0. The van der Waals surface area contributed by atoms with E-state index in [2.05, 4.69) is 10.6 Å². The third kappa shape index (κ3) is 2.37. The molecule has 1 aliphatic carbocycles. The molecule has 0 aromatic heterocycles. The lowest BCUT2D eigenvalue weighted by atomic mass is 9.92. The monoisotopic (exact) mass is 262 g/mol. The summed E-state index contributed by atoms with van der Waals surface area (Å²) in [6, 6.07) is 4.84. The van der Waals surface area contributed by atoms with Gasteiger partial charge in [0.25, 0.3) is 0 Å². The van der Waals surface area contributed by atoms with Crippen LogP contribution in [-0.4, -0.2) is 19.0 Å². The van der Waals surface area contributed by atoms with Gasteiger partial charge in [-0.05, 0) is 62.4 Å². The molecule has 1 amide bonds. The fourth-order valence-corrected chi connectivity index (χ4v) is 3.10. The first kappa shape index (κ1) is 12.6. The quantitative estimate of drug-likeness (QED) is 0.859. The molecule has 1 heterocycles. The van der Waals surface area contributed by atoms with Crippen molar-refractivity contribution in [3.05, 3.63) is 29.6 Å². The molecule has 1 aromatic carbocycles. The van der Waals surface area contributed by atoms with E-state index in [1.165, 1.54) is 6.07 Å². The molecule has 0 bridgehead atoms. The average molecular weight is 262 g/mol. The molecular weight excluding hydrogens is 243 g/mol. The van der Waals surface area contributed by atoms with E-state index < -0.39 is 0 Å². The molecule has 2 fully saturated rings. The molecule has 3 rings (SSSR count). The van der Waals surface area contributed by atoms with E-state index in [9.17, 15) is 9.18 Å². The number of amides is 1. The summed E-state index contributed by atoms with van der Waals surface area (Å²) in [6.07, 6.45) is 3.13. The molecule has 1 saturated heterocycles. The normalized spacial score (nSPS) is 24.2. The molecule has 1 atom stereocenters. The van der Waals surface area contributed by atoms with Crippen molar-refractivity contribution in [2.45, 2.75) is 26.2 Å². The van der Waals surface area contributed by atoms with Gasteiger partial charge in [0, 0.05) is 11.6 Å². The van der Waals surface area contributed by atoms with Crippen LogP contribution in [0.3, 0.4) is 0 Å².